The van der Waals surface area contributed by atoms with E-state index in [1.54, 1.807) is 18.6 Å². The van der Waals surface area contributed by atoms with Gasteiger partial charge >= 0.3 is 0 Å². The SMILES string of the molecule is Cc1cc(Nc2nccc(-n3ccnc3-c3ccccc3)n2)ccn1. The fourth-order valence-corrected chi connectivity index (χ4v) is 2.59. The molecule has 4 aromatic rings. The molecular formula is C19H16N6. The Morgan fingerprint density at radius 1 is 0.880 bits per heavy atom. The van der Waals surface area contributed by atoms with E-state index in [0.717, 1.165) is 28.6 Å². The van der Waals surface area contributed by atoms with Crippen molar-refractivity contribution >= 4 is 11.6 Å². The Hall–Kier alpha value is -3.54. The summed E-state index contributed by atoms with van der Waals surface area (Å²) in [5, 5.41) is 3.21. The summed E-state index contributed by atoms with van der Waals surface area (Å²) in [5.74, 6) is 2.11. The van der Waals surface area contributed by atoms with Crippen LogP contribution in [0.25, 0.3) is 17.2 Å². The number of hydrogen-bond acceptors (Lipinski definition) is 5. The summed E-state index contributed by atoms with van der Waals surface area (Å²) in [6.45, 7) is 1.94. The van der Waals surface area contributed by atoms with Gasteiger partial charge in [0.1, 0.15) is 11.6 Å². The van der Waals surface area contributed by atoms with Crippen molar-refractivity contribution in [3.63, 3.8) is 0 Å². The Morgan fingerprint density at radius 3 is 2.56 bits per heavy atom. The van der Waals surface area contributed by atoms with Gasteiger partial charge in [-0.1, -0.05) is 30.3 Å². The number of nitrogens with one attached hydrogen (secondary N) is 1. The minimum Gasteiger partial charge on any atom is -0.324 e. The van der Waals surface area contributed by atoms with Crippen molar-refractivity contribution in [3.8, 4) is 17.2 Å². The van der Waals surface area contributed by atoms with Crippen LogP contribution in [0, 0.1) is 6.92 Å². The van der Waals surface area contributed by atoms with Crippen molar-refractivity contribution in [2.24, 2.45) is 0 Å². The van der Waals surface area contributed by atoms with Gasteiger partial charge in [0.25, 0.3) is 0 Å². The third-order valence-corrected chi connectivity index (χ3v) is 3.71. The Labute approximate surface area is 145 Å². The Bertz CT molecular complexity index is 993. The maximum absolute atomic E-state index is 4.61. The zero-order valence-electron chi connectivity index (χ0n) is 13.7. The quantitative estimate of drug-likeness (QED) is 0.617. The van der Waals surface area contributed by atoms with Crippen LogP contribution in [0.15, 0.2) is 73.3 Å². The van der Waals surface area contributed by atoms with Crippen LogP contribution in [0.5, 0.6) is 0 Å². The second-order valence-electron chi connectivity index (χ2n) is 5.54. The van der Waals surface area contributed by atoms with Crippen molar-refractivity contribution in [1.82, 2.24) is 24.5 Å². The van der Waals surface area contributed by atoms with Crippen molar-refractivity contribution in [2.75, 3.05) is 5.32 Å². The molecule has 1 aromatic carbocycles. The van der Waals surface area contributed by atoms with Crippen LogP contribution in [0.1, 0.15) is 5.69 Å². The van der Waals surface area contributed by atoms with E-state index in [1.165, 1.54) is 0 Å². The van der Waals surface area contributed by atoms with Crippen molar-refractivity contribution < 1.29 is 0 Å². The van der Waals surface area contributed by atoms with Crippen molar-refractivity contribution in [2.45, 2.75) is 6.92 Å². The number of rotatable bonds is 4. The van der Waals surface area contributed by atoms with E-state index in [4.69, 9.17) is 0 Å². The number of nitrogens with zero attached hydrogens (tertiary/aromatic N) is 5. The van der Waals surface area contributed by atoms with Gasteiger partial charge in [0.2, 0.25) is 5.95 Å². The molecule has 6 heteroatoms. The normalized spacial score (nSPS) is 10.6. The topological polar surface area (TPSA) is 68.5 Å². The zero-order chi connectivity index (χ0) is 17.1. The highest BCUT2D eigenvalue weighted by Crippen LogP contribution is 2.21. The van der Waals surface area contributed by atoms with E-state index < -0.39 is 0 Å². The van der Waals surface area contributed by atoms with Crippen molar-refractivity contribution in [1.29, 1.82) is 0 Å². The first-order valence-electron chi connectivity index (χ1n) is 7.91. The van der Waals surface area contributed by atoms with E-state index in [-0.39, 0.29) is 0 Å². The molecule has 0 radical (unpaired) electrons. The molecule has 0 saturated carbocycles. The monoisotopic (exact) mass is 328 g/mol. The van der Waals surface area contributed by atoms with E-state index in [0.29, 0.717) is 5.95 Å². The molecule has 122 valence electrons. The highest BCUT2D eigenvalue weighted by Gasteiger charge is 2.09. The van der Waals surface area contributed by atoms with E-state index in [9.17, 15) is 0 Å². The number of anilines is 2. The summed E-state index contributed by atoms with van der Waals surface area (Å²) in [6.07, 6.45) is 7.15. The molecule has 25 heavy (non-hydrogen) atoms. The zero-order valence-corrected chi connectivity index (χ0v) is 13.7. The highest BCUT2D eigenvalue weighted by molar-refractivity contribution is 5.58. The number of benzene rings is 1. The lowest BCUT2D eigenvalue weighted by Crippen LogP contribution is -2.03. The molecular weight excluding hydrogens is 312 g/mol. The lowest BCUT2D eigenvalue weighted by atomic mass is 10.2. The van der Waals surface area contributed by atoms with E-state index >= 15 is 0 Å². The molecule has 3 heterocycles. The van der Waals surface area contributed by atoms with Crippen LogP contribution in [0.2, 0.25) is 0 Å². The first kappa shape index (κ1) is 15.0. The minimum absolute atomic E-state index is 0.524. The smallest absolute Gasteiger partial charge is 0.229 e. The van der Waals surface area contributed by atoms with Crippen LogP contribution in [0.4, 0.5) is 11.6 Å². The molecule has 0 unspecified atom stereocenters. The van der Waals surface area contributed by atoms with Gasteiger partial charge in [-0.25, -0.2) is 9.97 Å². The molecule has 0 amide bonds. The number of imidazole rings is 1. The predicted octanol–water partition coefficient (Wildman–Crippen LogP) is 3.78. The molecule has 0 aliphatic heterocycles. The van der Waals surface area contributed by atoms with Crippen LogP contribution in [-0.2, 0) is 0 Å². The third-order valence-electron chi connectivity index (χ3n) is 3.71. The molecule has 0 fully saturated rings. The second kappa shape index (κ2) is 6.52. The number of aromatic nitrogens is 5. The molecule has 0 spiro atoms. The van der Waals surface area contributed by atoms with Gasteiger partial charge in [-0.2, -0.15) is 4.98 Å². The summed E-state index contributed by atoms with van der Waals surface area (Å²) in [6, 6.07) is 15.7. The summed E-state index contributed by atoms with van der Waals surface area (Å²) in [5.41, 5.74) is 2.87. The molecule has 0 bridgehead atoms. The minimum atomic E-state index is 0.524. The van der Waals surface area contributed by atoms with Crippen molar-refractivity contribution in [3.05, 3.63) is 79.0 Å². The summed E-state index contributed by atoms with van der Waals surface area (Å²) < 4.78 is 1.94. The summed E-state index contributed by atoms with van der Waals surface area (Å²) >= 11 is 0. The number of pyridine rings is 1. The predicted molar refractivity (Wildman–Crippen MR) is 96.8 cm³/mol. The van der Waals surface area contributed by atoms with Gasteiger partial charge in [-0.15, -0.1) is 0 Å². The average molecular weight is 328 g/mol. The van der Waals surface area contributed by atoms with Gasteiger partial charge in [0.05, 0.1) is 0 Å². The lowest BCUT2D eigenvalue weighted by molar-refractivity contribution is 0.983. The Balaban J connectivity index is 1.68. The van der Waals surface area contributed by atoms with Crippen LogP contribution in [-0.4, -0.2) is 24.5 Å². The highest BCUT2D eigenvalue weighted by atomic mass is 15.2. The van der Waals surface area contributed by atoms with E-state index in [1.807, 2.05) is 66.2 Å². The second-order valence-corrected chi connectivity index (χ2v) is 5.54. The maximum Gasteiger partial charge on any atom is 0.229 e. The molecule has 0 atom stereocenters. The number of hydrogen-bond donors (Lipinski definition) is 1. The molecule has 1 N–H and O–H groups in total. The molecule has 0 saturated heterocycles. The molecule has 0 aliphatic carbocycles. The maximum atomic E-state index is 4.61. The Kier molecular flexibility index (Phi) is 3.92. The lowest BCUT2D eigenvalue weighted by Gasteiger charge is -2.09. The molecule has 6 nitrogen and oxygen atoms in total. The van der Waals surface area contributed by atoms with Gasteiger partial charge in [0, 0.05) is 41.7 Å². The fraction of sp³-hybridized carbons (Fsp3) is 0.0526. The average Bonchev–Trinajstić information content (AvgIpc) is 3.13. The first-order chi connectivity index (χ1) is 12.3. The molecule has 0 aliphatic rings. The van der Waals surface area contributed by atoms with Gasteiger partial charge in [0.15, 0.2) is 0 Å². The van der Waals surface area contributed by atoms with Crippen LogP contribution < -0.4 is 5.32 Å². The van der Waals surface area contributed by atoms with Gasteiger partial charge in [-0.05, 0) is 25.1 Å². The number of aryl methyl sites for hydroxylation is 1. The van der Waals surface area contributed by atoms with Crippen LogP contribution in [0.3, 0.4) is 0 Å². The van der Waals surface area contributed by atoms with Crippen LogP contribution >= 0.6 is 0 Å². The molecule has 4 rings (SSSR count). The largest absolute Gasteiger partial charge is 0.324 e. The third kappa shape index (κ3) is 3.23. The molecule has 3 aromatic heterocycles. The summed E-state index contributed by atoms with van der Waals surface area (Å²) in [7, 11) is 0. The first-order valence-corrected chi connectivity index (χ1v) is 7.91. The van der Waals surface area contributed by atoms with Gasteiger partial charge < -0.3 is 5.32 Å². The summed E-state index contributed by atoms with van der Waals surface area (Å²) in [4.78, 5) is 17.6. The standard InChI is InChI=1S/C19H16N6/c1-14-13-16(7-9-20-14)23-19-22-10-8-17(24-19)25-12-11-21-18(25)15-5-3-2-4-6-15/h2-13H,1H3,(H,20,22,23,24). The van der Waals surface area contributed by atoms with Gasteiger partial charge in [-0.3, -0.25) is 9.55 Å². The fourth-order valence-electron chi connectivity index (χ4n) is 2.59. The van der Waals surface area contributed by atoms with E-state index in [2.05, 4.69) is 25.3 Å². The Morgan fingerprint density at radius 2 is 1.72 bits per heavy atom.